The van der Waals surface area contributed by atoms with Gasteiger partial charge < -0.3 is 15.7 Å². The van der Waals surface area contributed by atoms with E-state index in [-0.39, 0.29) is 6.54 Å². The van der Waals surface area contributed by atoms with Crippen molar-refractivity contribution in [3.8, 4) is 0 Å². The van der Waals surface area contributed by atoms with Crippen molar-refractivity contribution < 1.29 is 5.11 Å². The molecule has 0 amide bonds. The first-order valence-electron chi connectivity index (χ1n) is 8.23. The molecule has 0 radical (unpaired) electrons. The predicted molar refractivity (Wildman–Crippen MR) is 88.1 cm³/mol. The average Bonchev–Trinajstić information content (AvgIpc) is 2.53. The van der Waals surface area contributed by atoms with Gasteiger partial charge in [0.05, 0.1) is 0 Å². The fraction of sp³-hybridized carbons (Fsp3) is 0.667. The largest absolute Gasteiger partial charge is 0.384 e. The molecule has 0 aromatic heterocycles. The molecule has 3 atom stereocenters. The zero-order valence-electron chi connectivity index (χ0n) is 13.5. The smallest absolute Gasteiger partial charge is 0.103 e. The van der Waals surface area contributed by atoms with Gasteiger partial charge in [-0.25, -0.2) is 0 Å². The highest BCUT2D eigenvalue weighted by Gasteiger charge is 2.29. The van der Waals surface area contributed by atoms with Crippen LogP contribution in [0.1, 0.15) is 44.6 Å². The van der Waals surface area contributed by atoms with Crippen molar-refractivity contribution in [3.05, 3.63) is 35.9 Å². The number of benzene rings is 1. The second-order valence-corrected chi connectivity index (χ2v) is 6.76. The van der Waals surface area contributed by atoms with Crippen LogP contribution in [0.5, 0.6) is 0 Å². The Labute approximate surface area is 129 Å². The summed E-state index contributed by atoms with van der Waals surface area (Å²) < 4.78 is 0. The third-order valence-corrected chi connectivity index (χ3v) is 5.06. The molecule has 0 heterocycles. The summed E-state index contributed by atoms with van der Waals surface area (Å²) in [6.07, 6.45) is 5.95. The maximum absolute atomic E-state index is 10.8. The minimum absolute atomic E-state index is 0.270. The standard InChI is InChI=1S/C18H30N2O/c1-15-7-6-10-17(13-15)20(2)12-11-18(21,14-19)16-8-4-3-5-9-16/h3-5,8-9,15,17,21H,6-7,10-14,19H2,1-2H3. The van der Waals surface area contributed by atoms with Gasteiger partial charge in [-0.2, -0.15) is 0 Å². The van der Waals surface area contributed by atoms with Crippen LogP contribution in [0.3, 0.4) is 0 Å². The summed E-state index contributed by atoms with van der Waals surface area (Å²) in [5, 5.41) is 10.8. The molecule has 1 aliphatic rings. The SMILES string of the molecule is CC1CCCC(N(C)CCC(O)(CN)c2ccccc2)C1. The lowest BCUT2D eigenvalue weighted by Gasteiger charge is -2.36. The molecule has 1 aliphatic carbocycles. The van der Waals surface area contributed by atoms with E-state index in [1.807, 2.05) is 30.3 Å². The maximum atomic E-state index is 10.8. The van der Waals surface area contributed by atoms with Crippen LogP contribution < -0.4 is 5.73 Å². The molecule has 1 aromatic rings. The number of hydrogen-bond acceptors (Lipinski definition) is 3. The molecule has 1 fully saturated rings. The van der Waals surface area contributed by atoms with Crippen molar-refractivity contribution in [2.45, 2.75) is 50.7 Å². The first kappa shape index (κ1) is 16.5. The molecular formula is C18H30N2O. The summed E-state index contributed by atoms with van der Waals surface area (Å²) in [4.78, 5) is 2.42. The van der Waals surface area contributed by atoms with Crippen molar-refractivity contribution in [2.24, 2.45) is 11.7 Å². The van der Waals surface area contributed by atoms with Gasteiger partial charge in [-0.1, -0.05) is 50.1 Å². The van der Waals surface area contributed by atoms with E-state index in [4.69, 9.17) is 5.73 Å². The summed E-state index contributed by atoms with van der Waals surface area (Å²) in [5.41, 5.74) is 5.88. The van der Waals surface area contributed by atoms with Crippen molar-refractivity contribution in [3.63, 3.8) is 0 Å². The van der Waals surface area contributed by atoms with Crippen molar-refractivity contribution in [1.29, 1.82) is 0 Å². The Hall–Kier alpha value is -0.900. The molecule has 2 rings (SSSR count). The van der Waals surface area contributed by atoms with E-state index in [1.165, 1.54) is 25.7 Å². The molecule has 3 N–H and O–H groups in total. The van der Waals surface area contributed by atoms with Gasteiger partial charge in [-0.05, 0) is 37.8 Å². The number of nitrogens with zero attached hydrogens (tertiary/aromatic N) is 1. The lowest BCUT2D eigenvalue weighted by atomic mass is 9.85. The maximum Gasteiger partial charge on any atom is 0.103 e. The normalized spacial score (nSPS) is 25.8. The summed E-state index contributed by atoms with van der Waals surface area (Å²) in [6, 6.07) is 10.5. The zero-order chi connectivity index (χ0) is 15.3. The van der Waals surface area contributed by atoms with E-state index in [1.54, 1.807) is 0 Å². The van der Waals surface area contributed by atoms with E-state index in [0.717, 1.165) is 18.0 Å². The average molecular weight is 290 g/mol. The number of nitrogens with two attached hydrogens (primary N) is 1. The summed E-state index contributed by atoms with van der Waals surface area (Å²) in [6.45, 7) is 3.51. The van der Waals surface area contributed by atoms with Crippen molar-refractivity contribution >= 4 is 0 Å². The fourth-order valence-corrected chi connectivity index (χ4v) is 3.46. The Kier molecular flexibility index (Phi) is 5.80. The topological polar surface area (TPSA) is 49.5 Å². The molecule has 0 aliphatic heterocycles. The first-order chi connectivity index (χ1) is 10.0. The van der Waals surface area contributed by atoms with Crippen LogP contribution in [-0.2, 0) is 5.60 Å². The van der Waals surface area contributed by atoms with E-state index in [2.05, 4.69) is 18.9 Å². The van der Waals surface area contributed by atoms with Crippen LogP contribution in [0, 0.1) is 5.92 Å². The molecular weight excluding hydrogens is 260 g/mol. The highest BCUT2D eigenvalue weighted by Crippen LogP contribution is 2.29. The van der Waals surface area contributed by atoms with Crippen molar-refractivity contribution in [2.75, 3.05) is 20.1 Å². The molecule has 3 heteroatoms. The number of hydrogen-bond donors (Lipinski definition) is 2. The van der Waals surface area contributed by atoms with Crippen molar-refractivity contribution in [1.82, 2.24) is 4.90 Å². The van der Waals surface area contributed by atoms with Crippen LogP contribution in [0.2, 0.25) is 0 Å². The van der Waals surface area contributed by atoms with E-state index >= 15 is 0 Å². The Morgan fingerprint density at radius 3 is 2.62 bits per heavy atom. The van der Waals surface area contributed by atoms with Gasteiger partial charge in [-0.3, -0.25) is 0 Å². The van der Waals surface area contributed by atoms with Gasteiger partial charge in [-0.15, -0.1) is 0 Å². The lowest BCUT2D eigenvalue weighted by molar-refractivity contribution is 0.0210. The molecule has 118 valence electrons. The summed E-state index contributed by atoms with van der Waals surface area (Å²) in [5.74, 6) is 0.828. The molecule has 0 bridgehead atoms. The second kappa shape index (κ2) is 7.39. The van der Waals surface area contributed by atoms with Crippen LogP contribution in [0.15, 0.2) is 30.3 Å². The molecule has 3 unspecified atom stereocenters. The minimum atomic E-state index is -0.907. The van der Waals surface area contributed by atoms with Gasteiger partial charge in [0, 0.05) is 19.1 Å². The van der Waals surface area contributed by atoms with E-state index in [0.29, 0.717) is 12.5 Å². The Balaban J connectivity index is 1.93. The molecule has 3 nitrogen and oxygen atoms in total. The second-order valence-electron chi connectivity index (χ2n) is 6.76. The molecule has 1 aromatic carbocycles. The van der Waals surface area contributed by atoms with Gasteiger partial charge in [0.2, 0.25) is 0 Å². The monoisotopic (exact) mass is 290 g/mol. The van der Waals surface area contributed by atoms with Crippen LogP contribution in [-0.4, -0.2) is 36.2 Å². The Morgan fingerprint density at radius 2 is 2.00 bits per heavy atom. The molecule has 21 heavy (non-hydrogen) atoms. The van der Waals surface area contributed by atoms with Gasteiger partial charge in [0.1, 0.15) is 5.60 Å². The van der Waals surface area contributed by atoms with Crippen LogP contribution in [0.25, 0.3) is 0 Å². The van der Waals surface area contributed by atoms with E-state index < -0.39 is 5.60 Å². The predicted octanol–water partition coefficient (Wildman–Crippen LogP) is 2.73. The Bertz CT molecular complexity index is 422. The lowest BCUT2D eigenvalue weighted by Crippen LogP contribution is -2.42. The highest BCUT2D eigenvalue weighted by molar-refractivity contribution is 5.22. The number of rotatable bonds is 6. The van der Waals surface area contributed by atoms with Crippen LogP contribution >= 0.6 is 0 Å². The van der Waals surface area contributed by atoms with Gasteiger partial charge >= 0.3 is 0 Å². The van der Waals surface area contributed by atoms with Gasteiger partial charge in [0.15, 0.2) is 0 Å². The number of aliphatic hydroxyl groups is 1. The van der Waals surface area contributed by atoms with Crippen LogP contribution in [0.4, 0.5) is 0 Å². The minimum Gasteiger partial charge on any atom is -0.384 e. The first-order valence-corrected chi connectivity index (χ1v) is 8.23. The fourth-order valence-electron chi connectivity index (χ4n) is 3.46. The molecule has 1 saturated carbocycles. The highest BCUT2D eigenvalue weighted by atomic mass is 16.3. The quantitative estimate of drug-likeness (QED) is 0.847. The zero-order valence-corrected chi connectivity index (χ0v) is 13.5. The Morgan fingerprint density at radius 1 is 1.29 bits per heavy atom. The third-order valence-electron chi connectivity index (χ3n) is 5.06. The third kappa shape index (κ3) is 4.29. The van der Waals surface area contributed by atoms with Gasteiger partial charge in [0.25, 0.3) is 0 Å². The van der Waals surface area contributed by atoms with E-state index in [9.17, 15) is 5.11 Å². The molecule has 0 saturated heterocycles. The molecule has 0 spiro atoms. The summed E-state index contributed by atoms with van der Waals surface area (Å²) >= 11 is 0. The summed E-state index contributed by atoms with van der Waals surface area (Å²) in [7, 11) is 2.19.